The third kappa shape index (κ3) is 4.57. The van der Waals surface area contributed by atoms with E-state index in [0.717, 1.165) is 16.9 Å². The van der Waals surface area contributed by atoms with E-state index in [1.54, 1.807) is 31.4 Å². The fraction of sp³-hybridized carbons (Fsp3) is 0.353. The number of thiazole rings is 1. The first-order valence-electron chi connectivity index (χ1n) is 8.03. The Morgan fingerprint density at radius 2 is 2.07 bits per heavy atom. The Morgan fingerprint density at radius 1 is 1.37 bits per heavy atom. The molecule has 144 valence electrons. The third-order valence-corrected chi connectivity index (χ3v) is 5.08. The highest BCUT2D eigenvalue weighted by Crippen LogP contribution is 2.27. The van der Waals surface area contributed by atoms with Crippen molar-refractivity contribution in [3.05, 3.63) is 35.3 Å². The number of ether oxygens (including phenoxy) is 1. The van der Waals surface area contributed by atoms with E-state index in [1.165, 1.54) is 6.20 Å². The van der Waals surface area contributed by atoms with E-state index in [2.05, 4.69) is 10.3 Å². The minimum atomic E-state index is -4.46. The molecule has 1 fully saturated rings. The van der Waals surface area contributed by atoms with Gasteiger partial charge < -0.3 is 15.0 Å². The third-order valence-electron chi connectivity index (χ3n) is 4.04. The summed E-state index contributed by atoms with van der Waals surface area (Å²) in [4.78, 5) is 29.5. The van der Waals surface area contributed by atoms with Gasteiger partial charge >= 0.3 is 6.18 Å². The summed E-state index contributed by atoms with van der Waals surface area (Å²) >= 11 is 1.13. The zero-order valence-corrected chi connectivity index (χ0v) is 15.1. The maximum absolute atomic E-state index is 12.5. The molecule has 1 aliphatic rings. The second-order valence-electron chi connectivity index (χ2n) is 5.95. The zero-order valence-electron chi connectivity index (χ0n) is 14.2. The van der Waals surface area contributed by atoms with Crippen LogP contribution in [0.4, 0.5) is 13.2 Å². The molecular formula is C17H16F3N3O3S. The highest BCUT2D eigenvalue weighted by molar-refractivity contribution is 7.16. The van der Waals surface area contributed by atoms with Crippen molar-refractivity contribution in [2.24, 2.45) is 0 Å². The molecule has 1 unspecified atom stereocenters. The summed E-state index contributed by atoms with van der Waals surface area (Å²) in [5, 5.41) is 3.11. The largest absolute Gasteiger partial charge is 0.497 e. The average molecular weight is 399 g/mol. The van der Waals surface area contributed by atoms with Gasteiger partial charge in [0.15, 0.2) is 0 Å². The summed E-state index contributed by atoms with van der Waals surface area (Å²) in [6.07, 6.45) is -2.93. The number of methoxy groups -OCH3 is 1. The summed E-state index contributed by atoms with van der Waals surface area (Å²) < 4.78 is 42.4. The minimum absolute atomic E-state index is 0.0386. The van der Waals surface area contributed by atoms with E-state index >= 15 is 0 Å². The topological polar surface area (TPSA) is 71.5 Å². The maximum Gasteiger partial charge on any atom is 0.406 e. The van der Waals surface area contributed by atoms with Crippen LogP contribution in [0.5, 0.6) is 5.75 Å². The Balaban J connectivity index is 1.63. The summed E-state index contributed by atoms with van der Waals surface area (Å²) in [6.45, 7) is -1.34. The van der Waals surface area contributed by atoms with Gasteiger partial charge in [-0.2, -0.15) is 13.2 Å². The molecule has 0 aliphatic carbocycles. The molecule has 2 aromatic rings. The van der Waals surface area contributed by atoms with Crippen molar-refractivity contribution in [2.75, 3.05) is 20.2 Å². The number of carbonyl (C=O) groups is 2. The minimum Gasteiger partial charge on any atom is -0.497 e. The van der Waals surface area contributed by atoms with Crippen LogP contribution in [0, 0.1) is 0 Å². The average Bonchev–Trinajstić information content (AvgIpc) is 3.23. The van der Waals surface area contributed by atoms with Crippen molar-refractivity contribution in [1.29, 1.82) is 0 Å². The van der Waals surface area contributed by atoms with Crippen molar-refractivity contribution in [2.45, 2.75) is 18.6 Å². The molecule has 0 bridgehead atoms. The number of halogens is 3. The van der Waals surface area contributed by atoms with Crippen LogP contribution in [0.3, 0.4) is 0 Å². The number of carbonyl (C=O) groups excluding carboxylic acids is 2. The molecule has 0 radical (unpaired) electrons. The lowest BCUT2D eigenvalue weighted by Crippen LogP contribution is -2.43. The number of hydrogen-bond donors (Lipinski definition) is 1. The van der Waals surface area contributed by atoms with E-state index in [9.17, 15) is 22.8 Å². The van der Waals surface area contributed by atoms with Crippen molar-refractivity contribution in [3.8, 4) is 16.3 Å². The summed E-state index contributed by atoms with van der Waals surface area (Å²) in [5.41, 5.74) is 0.799. The Hall–Kier alpha value is -2.62. The van der Waals surface area contributed by atoms with Crippen LogP contribution >= 0.6 is 11.3 Å². The molecule has 0 saturated carbocycles. The molecule has 1 N–H and O–H groups in total. The van der Waals surface area contributed by atoms with Crippen molar-refractivity contribution in [1.82, 2.24) is 15.2 Å². The number of alkyl halides is 3. The number of rotatable bonds is 5. The van der Waals surface area contributed by atoms with Gasteiger partial charge in [0.2, 0.25) is 5.91 Å². The molecule has 3 rings (SSSR count). The second kappa shape index (κ2) is 7.55. The molecule has 1 atom stereocenters. The van der Waals surface area contributed by atoms with Gasteiger partial charge in [-0.25, -0.2) is 4.98 Å². The molecule has 1 aliphatic heterocycles. The van der Waals surface area contributed by atoms with Crippen molar-refractivity contribution >= 4 is 23.2 Å². The Labute approximate surface area is 157 Å². The SMILES string of the molecule is COc1ccc(-c2ncc(C(=O)NC3CCN(CC(F)(F)F)C3=O)s2)cc1. The lowest BCUT2D eigenvalue weighted by atomic mass is 10.2. The van der Waals surface area contributed by atoms with Crippen LogP contribution in [0.25, 0.3) is 10.6 Å². The lowest BCUT2D eigenvalue weighted by Gasteiger charge is -2.18. The summed E-state index contributed by atoms with van der Waals surface area (Å²) in [6, 6.07) is 6.18. The number of hydrogen-bond acceptors (Lipinski definition) is 5. The molecular weight excluding hydrogens is 383 g/mol. The first-order valence-corrected chi connectivity index (χ1v) is 8.85. The Bertz CT molecular complexity index is 836. The first kappa shape index (κ1) is 19.2. The Kier molecular flexibility index (Phi) is 5.36. The molecule has 2 heterocycles. The maximum atomic E-state index is 12.5. The predicted octanol–water partition coefficient (Wildman–Crippen LogP) is 2.71. The van der Waals surface area contributed by atoms with E-state index in [-0.39, 0.29) is 17.8 Å². The van der Waals surface area contributed by atoms with Gasteiger partial charge in [-0.3, -0.25) is 9.59 Å². The fourth-order valence-corrected chi connectivity index (χ4v) is 3.55. The van der Waals surface area contributed by atoms with Crippen LogP contribution in [0.15, 0.2) is 30.5 Å². The molecule has 1 saturated heterocycles. The number of nitrogens with one attached hydrogen (secondary N) is 1. The highest BCUT2D eigenvalue weighted by Gasteiger charge is 2.39. The van der Waals surface area contributed by atoms with Crippen LogP contribution in [0.2, 0.25) is 0 Å². The number of benzene rings is 1. The van der Waals surface area contributed by atoms with Crippen LogP contribution in [-0.2, 0) is 4.79 Å². The van der Waals surface area contributed by atoms with Gasteiger partial charge in [0.05, 0.1) is 13.3 Å². The number of nitrogens with zero attached hydrogens (tertiary/aromatic N) is 2. The normalized spacial score (nSPS) is 17.3. The molecule has 10 heteroatoms. The Morgan fingerprint density at radius 3 is 2.70 bits per heavy atom. The molecule has 6 nitrogen and oxygen atoms in total. The highest BCUT2D eigenvalue weighted by atomic mass is 32.1. The van der Waals surface area contributed by atoms with Crippen molar-refractivity contribution in [3.63, 3.8) is 0 Å². The summed E-state index contributed by atoms with van der Waals surface area (Å²) in [7, 11) is 1.56. The predicted molar refractivity (Wildman–Crippen MR) is 92.6 cm³/mol. The molecule has 1 aromatic carbocycles. The van der Waals surface area contributed by atoms with Gasteiger partial charge in [-0.1, -0.05) is 0 Å². The zero-order chi connectivity index (χ0) is 19.6. The molecule has 27 heavy (non-hydrogen) atoms. The van der Waals surface area contributed by atoms with Gasteiger partial charge in [0.25, 0.3) is 5.91 Å². The number of likely N-dealkylation sites (tertiary alicyclic amines) is 1. The van der Waals surface area contributed by atoms with Crippen LogP contribution in [0.1, 0.15) is 16.1 Å². The monoisotopic (exact) mass is 399 g/mol. The van der Waals surface area contributed by atoms with Gasteiger partial charge in [0, 0.05) is 12.1 Å². The van der Waals surface area contributed by atoms with Crippen LogP contribution < -0.4 is 10.1 Å². The quantitative estimate of drug-likeness (QED) is 0.839. The molecule has 2 amide bonds. The standard InChI is InChI=1S/C17H16F3N3O3S/c1-26-11-4-2-10(3-5-11)15-21-8-13(27-15)14(24)22-12-6-7-23(16(12)25)9-17(18,19)20/h2-5,8,12H,6-7,9H2,1H3,(H,22,24). The fourth-order valence-electron chi connectivity index (χ4n) is 2.72. The second-order valence-corrected chi connectivity index (χ2v) is 6.98. The van der Waals surface area contributed by atoms with Gasteiger partial charge in [-0.15, -0.1) is 11.3 Å². The smallest absolute Gasteiger partial charge is 0.406 e. The van der Waals surface area contributed by atoms with Gasteiger partial charge in [-0.05, 0) is 30.7 Å². The van der Waals surface area contributed by atoms with E-state index in [4.69, 9.17) is 4.74 Å². The van der Waals surface area contributed by atoms with E-state index < -0.39 is 30.6 Å². The first-order chi connectivity index (χ1) is 12.8. The van der Waals surface area contributed by atoms with E-state index in [1.807, 2.05) is 0 Å². The number of amides is 2. The van der Waals surface area contributed by atoms with Crippen LogP contribution in [-0.4, -0.2) is 54.1 Å². The number of aromatic nitrogens is 1. The summed E-state index contributed by atoms with van der Waals surface area (Å²) in [5.74, 6) is -0.559. The molecule has 0 spiro atoms. The van der Waals surface area contributed by atoms with Crippen molar-refractivity contribution < 1.29 is 27.5 Å². The lowest BCUT2D eigenvalue weighted by molar-refractivity contribution is -0.157. The van der Waals surface area contributed by atoms with E-state index in [0.29, 0.717) is 15.7 Å². The van der Waals surface area contributed by atoms with Gasteiger partial charge in [0.1, 0.15) is 28.2 Å². The molecule has 1 aromatic heterocycles.